The SMILES string of the molecule is CCC(C)(C(N)c1ccc(Cl)cc1)N(C)C. The Balaban J connectivity index is 3.00. The van der Waals surface area contributed by atoms with Crippen LogP contribution in [-0.2, 0) is 0 Å². The Bertz CT molecular complexity index is 334. The Kier molecular flexibility index (Phi) is 4.36. The Morgan fingerprint density at radius 3 is 2.19 bits per heavy atom. The molecule has 3 heteroatoms. The van der Waals surface area contributed by atoms with Gasteiger partial charge in [-0.1, -0.05) is 30.7 Å². The lowest BCUT2D eigenvalue weighted by Gasteiger charge is -2.41. The van der Waals surface area contributed by atoms with Crippen LogP contribution in [0.2, 0.25) is 5.02 Å². The zero-order valence-electron chi connectivity index (χ0n) is 10.5. The first-order valence-corrected chi connectivity index (χ1v) is 5.98. The molecule has 0 aliphatic rings. The van der Waals surface area contributed by atoms with Crippen molar-refractivity contribution in [3.63, 3.8) is 0 Å². The second-order valence-corrected chi connectivity index (χ2v) is 5.07. The summed E-state index contributed by atoms with van der Waals surface area (Å²) in [7, 11) is 4.14. The summed E-state index contributed by atoms with van der Waals surface area (Å²) in [6.07, 6.45) is 1.00. The molecule has 1 aromatic rings. The molecule has 2 nitrogen and oxygen atoms in total. The molecule has 1 aromatic carbocycles. The summed E-state index contributed by atoms with van der Waals surface area (Å²) >= 11 is 5.88. The maximum Gasteiger partial charge on any atom is 0.0479 e. The lowest BCUT2D eigenvalue weighted by Crippen LogP contribution is -2.49. The van der Waals surface area contributed by atoms with E-state index >= 15 is 0 Å². The number of hydrogen-bond acceptors (Lipinski definition) is 2. The highest BCUT2D eigenvalue weighted by molar-refractivity contribution is 6.30. The highest BCUT2D eigenvalue weighted by Gasteiger charge is 2.32. The van der Waals surface area contributed by atoms with Gasteiger partial charge in [-0.15, -0.1) is 0 Å². The first-order chi connectivity index (χ1) is 7.41. The third-order valence-corrected chi connectivity index (χ3v) is 3.89. The predicted molar refractivity (Wildman–Crippen MR) is 70.8 cm³/mol. The fraction of sp³-hybridized carbons (Fsp3) is 0.538. The summed E-state index contributed by atoms with van der Waals surface area (Å²) < 4.78 is 0. The standard InChI is InChI=1S/C13H21ClN2/c1-5-13(2,16(3)4)12(15)10-6-8-11(14)9-7-10/h6-9,12H,5,15H2,1-4H3. The molecule has 90 valence electrons. The van der Waals surface area contributed by atoms with Gasteiger partial charge in [0.25, 0.3) is 0 Å². The summed E-state index contributed by atoms with van der Waals surface area (Å²) in [6.45, 7) is 4.35. The Labute approximate surface area is 103 Å². The summed E-state index contributed by atoms with van der Waals surface area (Å²) in [4.78, 5) is 2.19. The average molecular weight is 241 g/mol. The van der Waals surface area contributed by atoms with Crippen molar-refractivity contribution in [2.75, 3.05) is 14.1 Å². The number of nitrogens with two attached hydrogens (primary N) is 1. The van der Waals surface area contributed by atoms with Crippen LogP contribution in [0.3, 0.4) is 0 Å². The number of rotatable bonds is 4. The van der Waals surface area contributed by atoms with Gasteiger partial charge in [0.05, 0.1) is 0 Å². The van der Waals surface area contributed by atoms with Gasteiger partial charge in [-0.2, -0.15) is 0 Å². The van der Waals surface area contributed by atoms with E-state index in [0.717, 1.165) is 17.0 Å². The van der Waals surface area contributed by atoms with E-state index in [9.17, 15) is 0 Å². The van der Waals surface area contributed by atoms with Gasteiger partial charge in [0.15, 0.2) is 0 Å². The van der Waals surface area contributed by atoms with Gasteiger partial charge in [-0.25, -0.2) is 0 Å². The van der Waals surface area contributed by atoms with Gasteiger partial charge >= 0.3 is 0 Å². The molecule has 0 amide bonds. The monoisotopic (exact) mass is 240 g/mol. The Hall–Kier alpha value is -0.570. The molecule has 0 spiro atoms. The highest BCUT2D eigenvalue weighted by Crippen LogP contribution is 2.31. The molecule has 2 N–H and O–H groups in total. The molecule has 1 rings (SSSR count). The number of benzene rings is 1. The molecule has 0 saturated carbocycles. The second-order valence-electron chi connectivity index (χ2n) is 4.63. The van der Waals surface area contributed by atoms with Gasteiger partial charge < -0.3 is 10.6 Å². The lowest BCUT2D eigenvalue weighted by atomic mass is 9.84. The van der Waals surface area contributed by atoms with Crippen LogP contribution in [-0.4, -0.2) is 24.5 Å². The maximum absolute atomic E-state index is 6.35. The maximum atomic E-state index is 6.35. The van der Waals surface area contributed by atoms with Gasteiger partial charge in [-0.3, -0.25) is 0 Å². The summed E-state index contributed by atoms with van der Waals surface area (Å²) in [5.74, 6) is 0. The number of hydrogen-bond donors (Lipinski definition) is 1. The topological polar surface area (TPSA) is 29.3 Å². The van der Waals surface area contributed by atoms with E-state index in [2.05, 4.69) is 32.8 Å². The Morgan fingerprint density at radius 2 is 1.81 bits per heavy atom. The smallest absolute Gasteiger partial charge is 0.0479 e. The minimum atomic E-state index is -0.0339. The Morgan fingerprint density at radius 1 is 1.31 bits per heavy atom. The highest BCUT2D eigenvalue weighted by atomic mass is 35.5. The molecule has 16 heavy (non-hydrogen) atoms. The molecule has 0 aliphatic heterocycles. The average Bonchev–Trinajstić information content (AvgIpc) is 2.27. The van der Waals surface area contributed by atoms with Crippen molar-refractivity contribution in [1.29, 1.82) is 0 Å². The number of nitrogens with zero attached hydrogens (tertiary/aromatic N) is 1. The first kappa shape index (κ1) is 13.5. The van der Waals surface area contributed by atoms with Gasteiger partial charge in [0, 0.05) is 16.6 Å². The van der Waals surface area contributed by atoms with E-state index in [1.807, 2.05) is 24.3 Å². The van der Waals surface area contributed by atoms with Crippen molar-refractivity contribution in [2.24, 2.45) is 5.73 Å². The van der Waals surface area contributed by atoms with E-state index in [-0.39, 0.29) is 11.6 Å². The van der Waals surface area contributed by atoms with Crippen LogP contribution >= 0.6 is 11.6 Å². The van der Waals surface area contributed by atoms with Crippen molar-refractivity contribution in [3.8, 4) is 0 Å². The zero-order valence-corrected chi connectivity index (χ0v) is 11.3. The molecule has 2 unspecified atom stereocenters. The van der Waals surface area contributed by atoms with Crippen molar-refractivity contribution in [1.82, 2.24) is 4.90 Å². The predicted octanol–water partition coefficient (Wildman–Crippen LogP) is 3.07. The van der Waals surface area contributed by atoms with Crippen LogP contribution in [0, 0.1) is 0 Å². The lowest BCUT2D eigenvalue weighted by molar-refractivity contribution is 0.132. The van der Waals surface area contributed by atoms with E-state index in [4.69, 9.17) is 17.3 Å². The van der Waals surface area contributed by atoms with E-state index < -0.39 is 0 Å². The fourth-order valence-corrected chi connectivity index (χ4v) is 1.97. The minimum Gasteiger partial charge on any atom is -0.322 e. The minimum absolute atomic E-state index is 0.00948. The first-order valence-electron chi connectivity index (χ1n) is 5.60. The van der Waals surface area contributed by atoms with Crippen LogP contribution in [0.25, 0.3) is 0 Å². The fourth-order valence-electron chi connectivity index (χ4n) is 1.84. The molecular formula is C13H21ClN2. The molecule has 0 aliphatic carbocycles. The van der Waals surface area contributed by atoms with Crippen molar-refractivity contribution in [2.45, 2.75) is 31.8 Å². The molecule has 0 saturated heterocycles. The van der Waals surface area contributed by atoms with Gasteiger partial charge in [0.1, 0.15) is 0 Å². The van der Waals surface area contributed by atoms with Crippen molar-refractivity contribution < 1.29 is 0 Å². The van der Waals surface area contributed by atoms with E-state index in [0.29, 0.717) is 0 Å². The second kappa shape index (κ2) is 5.17. The quantitative estimate of drug-likeness (QED) is 0.877. The molecule has 0 bridgehead atoms. The summed E-state index contributed by atoms with van der Waals surface area (Å²) in [5.41, 5.74) is 7.44. The third kappa shape index (κ3) is 2.57. The van der Waals surface area contributed by atoms with Crippen LogP contribution in [0.1, 0.15) is 31.9 Å². The third-order valence-electron chi connectivity index (χ3n) is 3.64. The molecule has 0 radical (unpaired) electrons. The van der Waals surface area contributed by atoms with E-state index in [1.165, 1.54) is 0 Å². The van der Waals surface area contributed by atoms with Crippen molar-refractivity contribution in [3.05, 3.63) is 34.9 Å². The van der Waals surface area contributed by atoms with Crippen molar-refractivity contribution >= 4 is 11.6 Å². The van der Waals surface area contributed by atoms with Gasteiger partial charge in [-0.05, 0) is 45.1 Å². The van der Waals surface area contributed by atoms with Crippen LogP contribution in [0.5, 0.6) is 0 Å². The molecule has 0 fully saturated rings. The van der Waals surface area contributed by atoms with Gasteiger partial charge in [0.2, 0.25) is 0 Å². The van der Waals surface area contributed by atoms with E-state index in [1.54, 1.807) is 0 Å². The molecular weight excluding hydrogens is 220 g/mol. The molecule has 0 aromatic heterocycles. The summed E-state index contributed by atoms with van der Waals surface area (Å²) in [5, 5.41) is 0.749. The zero-order chi connectivity index (χ0) is 12.3. The van der Waals surface area contributed by atoms with Crippen LogP contribution in [0.4, 0.5) is 0 Å². The van der Waals surface area contributed by atoms with Crippen LogP contribution < -0.4 is 5.73 Å². The largest absolute Gasteiger partial charge is 0.322 e. The van der Waals surface area contributed by atoms with Crippen LogP contribution in [0.15, 0.2) is 24.3 Å². The number of likely N-dealkylation sites (N-methyl/N-ethyl adjacent to an activating group) is 1. The normalized spacial score (nSPS) is 17.2. The molecule has 0 heterocycles. The summed E-state index contributed by atoms with van der Waals surface area (Å²) in [6, 6.07) is 7.78. The number of halogens is 1. The molecule has 2 atom stereocenters.